The number of halogens is 1. The second-order valence-electron chi connectivity index (χ2n) is 2.39. The van der Waals surface area contributed by atoms with Crippen LogP contribution in [-0.4, -0.2) is 21.6 Å². The van der Waals surface area contributed by atoms with Crippen LogP contribution in [0, 0.1) is 0 Å². The molecule has 0 atom stereocenters. The number of alkyl halides is 1. The topological polar surface area (TPSA) is 64.0 Å². The summed E-state index contributed by atoms with van der Waals surface area (Å²) in [5, 5.41) is 6.13. The third-order valence-electron chi connectivity index (χ3n) is 1.37. The lowest BCUT2D eigenvalue weighted by Crippen LogP contribution is -2.21. The van der Waals surface area contributed by atoms with E-state index in [1.165, 1.54) is 19.3 Å². The molecule has 0 aliphatic heterocycles. The van der Waals surface area contributed by atoms with Crippen molar-refractivity contribution in [2.24, 2.45) is 7.05 Å². The summed E-state index contributed by atoms with van der Waals surface area (Å²) < 4.78 is 1.16. The van der Waals surface area contributed by atoms with Crippen molar-refractivity contribution in [1.29, 1.82) is 0 Å². The zero-order valence-electron chi connectivity index (χ0n) is 6.95. The first-order valence-electron chi connectivity index (χ1n) is 3.52. The number of nitrogens with one attached hydrogen (secondary N) is 1. The Bertz CT molecular complexity index is 374. The predicted molar refractivity (Wildman–Crippen MR) is 48.8 cm³/mol. The lowest BCUT2D eigenvalue weighted by molar-refractivity contribution is -0.113. The number of nitrogens with zero attached hydrogens (tertiary/aromatic N) is 2. The van der Waals surface area contributed by atoms with Crippen LogP contribution in [0.15, 0.2) is 17.1 Å². The van der Waals surface area contributed by atoms with Crippen molar-refractivity contribution in [3.05, 3.63) is 22.6 Å². The Labute approximate surface area is 79.3 Å². The van der Waals surface area contributed by atoms with Crippen LogP contribution < -0.4 is 10.9 Å². The Morgan fingerprint density at radius 3 is 3.00 bits per heavy atom. The second kappa shape index (κ2) is 4.04. The van der Waals surface area contributed by atoms with Crippen molar-refractivity contribution >= 4 is 23.2 Å². The number of carbonyl (C=O) groups is 1. The molecule has 1 amide bonds. The van der Waals surface area contributed by atoms with Gasteiger partial charge in [0.2, 0.25) is 5.91 Å². The average molecular weight is 202 g/mol. The molecule has 0 bridgehead atoms. The van der Waals surface area contributed by atoms with Crippen LogP contribution in [0.1, 0.15) is 0 Å². The molecular formula is C7H8ClN3O2. The number of anilines is 1. The maximum atomic E-state index is 11.0. The number of rotatable bonds is 2. The van der Waals surface area contributed by atoms with Crippen molar-refractivity contribution < 1.29 is 4.79 Å². The molecule has 0 aliphatic carbocycles. The first kappa shape index (κ1) is 9.73. The normalized spacial score (nSPS) is 9.69. The third kappa shape index (κ3) is 2.55. The minimum Gasteiger partial charge on any atom is -0.323 e. The predicted octanol–water partition coefficient (Wildman–Crippen LogP) is -0.0424. The quantitative estimate of drug-likeness (QED) is 0.683. The number of hydrogen-bond acceptors (Lipinski definition) is 3. The SMILES string of the molecule is Cn1ncc(NC(=O)CCl)cc1=O. The summed E-state index contributed by atoms with van der Waals surface area (Å²) in [6, 6.07) is 1.28. The summed E-state index contributed by atoms with van der Waals surface area (Å²) in [6.45, 7) is 0. The Kier molecular flexibility index (Phi) is 3.02. The fourth-order valence-electron chi connectivity index (χ4n) is 0.732. The zero-order valence-corrected chi connectivity index (χ0v) is 7.71. The van der Waals surface area contributed by atoms with Gasteiger partial charge in [-0.25, -0.2) is 4.68 Å². The van der Waals surface area contributed by atoms with E-state index >= 15 is 0 Å². The van der Waals surface area contributed by atoms with Gasteiger partial charge in [0.15, 0.2) is 0 Å². The minimum atomic E-state index is -0.364. The highest BCUT2D eigenvalue weighted by molar-refractivity contribution is 6.29. The van der Waals surface area contributed by atoms with E-state index in [1.807, 2.05) is 0 Å². The summed E-state index contributed by atoms with van der Waals surface area (Å²) in [7, 11) is 1.52. The van der Waals surface area contributed by atoms with Gasteiger partial charge in [0.25, 0.3) is 5.56 Å². The second-order valence-corrected chi connectivity index (χ2v) is 2.66. The molecule has 1 heterocycles. The molecule has 1 aromatic rings. The van der Waals surface area contributed by atoms with Crippen molar-refractivity contribution in [1.82, 2.24) is 9.78 Å². The van der Waals surface area contributed by atoms with Crippen LogP contribution in [0.25, 0.3) is 0 Å². The molecule has 1 aromatic heterocycles. The molecule has 13 heavy (non-hydrogen) atoms. The van der Waals surface area contributed by atoms with Crippen molar-refractivity contribution in [2.75, 3.05) is 11.2 Å². The molecule has 6 heteroatoms. The molecule has 0 radical (unpaired) electrons. The van der Waals surface area contributed by atoms with Gasteiger partial charge in [-0.2, -0.15) is 5.10 Å². The Balaban J connectivity index is 2.86. The van der Waals surface area contributed by atoms with Crippen LogP contribution in [0.3, 0.4) is 0 Å². The Hall–Kier alpha value is -1.36. The number of aromatic nitrogens is 2. The van der Waals surface area contributed by atoms with Gasteiger partial charge in [0, 0.05) is 13.1 Å². The van der Waals surface area contributed by atoms with Crippen molar-refractivity contribution in [3.8, 4) is 0 Å². The monoisotopic (exact) mass is 201 g/mol. The molecule has 0 saturated heterocycles. The van der Waals surface area contributed by atoms with E-state index in [0.29, 0.717) is 5.69 Å². The van der Waals surface area contributed by atoms with Crippen LogP contribution in [-0.2, 0) is 11.8 Å². The van der Waals surface area contributed by atoms with E-state index in [0.717, 1.165) is 4.68 Å². The number of aryl methyl sites for hydroxylation is 1. The molecule has 0 aromatic carbocycles. The average Bonchev–Trinajstić information content (AvgIpc) is 2.11. The maximum Gasteiger partial charge on any atom is 0.268 e. The molecule has 0 saturated carbocycles. The van der Waals surface area contributed by atoms with Crippen LogP contribution in [0.5, 0.6) is 0 Å². The van der Waals surface area contributed by atoms with Gasteiger partial charge in [0.05, 0.1) is 11.9 Å². The molecule has 0 unspecified atom stereocenters. The van der Waals surface area contributed by atoms with E-state index in [-0.39, 0.29) is 17.3 Å². The molecule has 0 fully saturated rings. The van der Waals surface area contributed by atoms with E-state index in [2.05, 4.69) is 10.4 Å². The molecule has 1 rings (SSSR count). The highest BCUT2D eigenvalue weighted by Crippen LogP contribution is 1.98. The minimum absolute atomic E-state index is 0.144. The number of carbonyl (C=O) groups excluding carboxylic acids is 1. The van der Waals surface area contributed by atoms with Crippen LogP contribution >= 0.6 is 11.6 Å². The van der Waals surface area contributed by atoms with Crippen molar-refractivity contribution in [3.63, 3.8) is 0 Å². The standard InChI is InChI=1S/C7H8ClN3O2/c1-11-7(13)2-5(4-9-11)10-6(12)3-8/h2,4H,3H2,1H3,(H,10,12). The maximum absolute atomic E-state index is 11.0. The molecule has 0 spiro atoms. The van der Waals surface area contributed by atoms with Crippen molar-refractivity contribution in [2.45, 2.75) is 0 Å². The van der Waals surface area contributed by atoms with Gasteiger partial charge in [-0.1, -0.05) is 0 Å². The summed E-state index contributed by atoms with van der Waals surface area (Å²) in [4.78, 5) is 21.8. The van der Waals surface area contributed by atoms with Gasteiger partial charge < -0.3 is 5.32 Å². The summed E-state index contributed by atoms with van der Waals surface area (Å²) in [6.07, 6.45) is 1.38. The van der Waals surface area contributed by atoms with E-state index < -0.39 is 0 Å². The van der Waals surface area contributed by atoms with Gasteiger partial charge in [-0.15, -0.1) is 11.6 Å². The van der Waals surface area contributed by atoms with Crippen LogP contribution in [0.2, 0.25) is 0 Å². The number of hydrogen-bond donors (Lipinski definition) is 1. The third-order valence-corrected chi connectivity index (χ3v) is 1.62. The van der Waals surface area contributed by atoms with E-state index in [1.54, 1.807) is 0 Å². The lowest BCUT2D eigenvalue weighted by Gasteiger charge is -2.01. The largest absolute Gasteiger partial charge is 0.323 e. The van der Waals surface area contributed by atoms with Gasteiger partial charge in [-0.05, 0) is 0 Å². The molecule has 1 N–H and O–H groups in total. The molecular weight excluding hydrogens is 194 g/mol. The van der Waals surface area contributed by atoms with E-state index in [9.17, 15) is 9.59 Å². The molecule has 0 aliphatic rings. The van der Waals surface area contributed by atoms with Gasteiger partial charge >= 0.3 is 0 Å². The highest BCUT2D eigenvalue weighted by atomic mass is 35.5. The van der Waals surface area contributed by atoms with Gasteiger partial charge in [0.1, 0.15) is 5.88 Å². The lowest BCUT2D eigenvalue weighted by atomic mass is 10.4. The summed E-state index contributed by atoms with van der Waals surface area (Å²) >= 11 is 5.26. The smallest absolute Gasteiger partial charge is 0.268 e. The summed E-state index contributed by atoms with van der Waals surface area (Å²) in [5.41, 5.74) is 0.0705. The Morgan fingerprint density at radius 1 is 1.77 bits per heavy atom. The van der Waals surface area contributed by atoms with E-state index in [4.69, 9.17) is 11.6 Å². The first-order chi connectivity index (χ1) is 6.13. The van der Waals surface area contributed by atoms with Gasteiger partial charge in [-0.3, -0.25) is 9.59 Å². The Morgan fingerprint density at radius 2 is 2.46 bits per heavy atom. The fraction of sp³-hybridized carbons (Fsp3) is 0.286. The fourth-order valence-corrected chi connectivity index (χ4v) is 0.799. The first-order valence-corrected chi connectivity index (χ1v) is 4.06. The van der Waals surface area contributed by atoms with Crippen LogP contribution in [0.4, 0.5) is 5.69 Å². The molecule has 70 valence electrons. The number of amides is 1. The summed E-state index contributed by atoms with van der Waals surface area (Å²) in [5.74, 6) is -0.508. The highest BCUT2D eigenvalue weighted by Gasteiger charge is 2.01. The zero-order chi connectivity index (χ0) is 9.84. The molecule has 5 nitrogen and oxygen atoms in total.